The minimum atomic E-state index is 0.564. The van der Waals surface area contributed by atoms with Crippen LogP contribution in [0.15, 0.2) is 18.2 Å². The molecule has 0 amide bonds. The summed E-state index contributed by atoms with van der Waals surface area (Å²) in [5, 5.41) is 4.44. The molecule has 0 heterocycles. The van der Waals surface area contributed by atoms with Crippen molar-refractivity contribution in [1.29, 1.82) is 0 Å². The van der Waals surface area contributed by atoms with Gasteiger partial charge in [-0.2, -0.15) is 0 Å². The Morgan fingerprint density at radius 3 is 2.57 bits per heavy atom. The van der Waals surface area contributed by atoms with Crippen LogP contribution in [0.25, 0.3) is 0 Å². The van der Waals surface area contributed by atoms with Crippen molar-refractivity contribution in [2.45, 2.75) is 64.3 Å². The van der Waals surface area contributed by atoms with Crippen LogP contribution in [0.4, 0.5) is 5.69 Å². The summed E-state index contributed by atoms with van der Waals surface area (Å²) in [6.45, 7) is 2.70. The molecule has 0 bridgehead atoms. The van der Waals surface area contributed by atoms with E-state index in [0.29, 0.717) is 18.1 Å². The molecule has 0 atom stereocenters. The predicted octanol–water partition coefficient (Wildman–Crippen LogP) is 5.65. The van der Waals surface area contributed by atoms with Crippen LogP contribution in [0.3, 0.4) is 0 Å². The van der Waals surface area contributed by atoms with Gasteiger partial charge in [0.15, 0.2) is 0 Å². The van der Waals surface area contributed by atoms with E-state index in [1.165, 1.54) is 51.4 Å². The van der Waals surface area contributed by atoms with Gasteiger partial charge in [-0.05, 0) is 69.1 Å². The molecule has 116 valence electrons. The number of benzene rings is 1. The molecule has 2 aliphatic carbocycles. The number of nitrogens with one attached hydrogen (secondary N) is 1. The monoisotopic (exact) mass is 307 g/mol. The summed E-state index contributed by atoms with van der Waals surface area (Å²) in [7, 11) is 0. The third-order valence-electron chi connectivity index (χ3n) is 5.31. The van der Waals surface area contributed by atoms with Crippen LogP contribution in [0, 0.1) is 5.41 Å². The van der Waals surface area contributed by atoms with Crippen molar-refractivity contribution in [3.63, 3.8) is 0 Å². The van der Waals surface area contributed by atoms with E-state index in [2.05, 4.69) is 5.32 Å². The first kappa shape index (κ1) is 15.0. The normalized spacial score (nSPS) is 21.6. The van der Waals surface area contributed by atoms with Gasteiger partial charge in [-0.3, -0.25) is 0 Å². The fourth-order valence-electron chi connectivity index (χ4n) is 4.12. The zero-order valence-corrected chi connectivity index (χ0v) is 13.7. The predicted molar refractivity (Wildman–Crippen MR) is 89.4 cm³/mol. The second-order valence-corrected chi connectivity index (χ2v) is 7.14. The summed E-state index contributed by atoms with van der Waals surface area (Å²) in [6.07, 6.45) is 11.1. The lowest BCUT2D eigenvalue weighted by atomic mass is 9.71. The number of hydrogen-bond acceptors (Lipinski definition) is 2. The molecule has 2 fully saturated rings. The molecule has 1 aromatic carbocycles. The van der Waals surface area contributed by atoms with Crippen molar-refractivity contribution in [2.75, 3.05) is 11.9 Å². The first-order valence-corrected chi connectivity index (χ1v) is 8.77. The van der Waals surface area contributed by atoms with Crippen LogP contribution in [0.2, 0.25) is 5.02 Å². The minimum Gasteiger partial charge on any atom is -0.492 e. The molecule has 0 saturated heterocycles. The van der Waals surface area contributed by atoms with Gasteiger partial charge >= 0.3 is 0 Å². The maximum atomic E-state index is 6.14. The Morgan fingerprint density at radius 2 is 1.90 bits per heavy atom. The van der Waals surface area contributed by atoms with Gasteiger partial charge in [0.2, 0.25) is 0 Å². The number of halogens is 1. The van der Waals surface area contributed by atoms with E-state index in [0.717, 1.165) is 16.5 Å². The van der Waals surface area contributed by atoms with Gasteiger partial charge in [-0.25, -0.2) is 0 Å². The molecule has 0 unspecified atom stereocenters. The number of rotatable bonds is 4. The van der Waals surface area contributed by atoms with Crippen molar-refractivity contribution in [3.05, 3.63) is 23.2 Å². The molecule has 1 N–H and O–H groups in total. The summed E-state index contributed by atoms with van der Waals surface area (Å²) in [6, 6.07) is 6.42. The van der Waals surface area contributed by atoms with Crippen LogP contribution in [0.1, 0.15) is 58.3 Å². The third-order valence-corrected chi connectivity index (χ3v) is 5.55. The molecular formula is C18H26ClNO. The summed E-state index contributed by atoms with van der Waals surface area (Å²) in [4.78, 5) is 0. The third kappa shape index (κ3) is 3.48. The summed E-state index contributed by atoms with van der Waals surface area (Å²) >= 11 is 6.14. The number of anilines is 1. The summed E-state index contributed by atoms with van der Waals surface area (Å²) < 4.78 is 5.71. The highest BCUT2D eigenvalue weighted by atomic mass is 35.5. The van der Waals surface area contributed by atoms with E-state index in [-0.39, 0.29) is 0 Å². The smallest absolute Gasteiger partial charge is 0.142 e. The van der Waals surface area contributed by atoms with Crippen LogP contribution in [-0.4, -0.2) is 12.6 Å². The number of hydrogen-bond donors (Lipinski definition) is 1. The summed E-state index contributed by atoms with van der Waals surface area (Å²) in [5.74, 6) is 0.919. The van der Waals surface area contributed by atoms with E-state index in [1.807, 2.05) is 25.1 Å². The van der Waals surface area contributed by atoms with E-state index >= 15 is 0 Å². The highest BCUT2D eigenvalue weighted by Gasteiger charge is 2.37. The van der Waals surface area contributed by atoms with Gasteiger partial charge in [0.1, 0.15) is 5.75 Å². The SMILES string of the molecule is CCOc1ccc(Cl)cc1NC1CCC2(CCCC2)CC1. The summed E-state index contributed by atoms with van der Waals surface area (Å²) in [5.41, 5.74) is 1.74. The van der Waals surface area contributed by atoms with Crippen molar-refractivity contribution < 1.29 is 4.74 Å². The Hall–Kier alpha value is -0.890. The minimum absolute atomic E-state index is 0.564. The molecule has 1 aromatic rings. The van der Waals surface area contributed by atoms with Gasteiger partial charge < -0.3 is 10.1 Å². The Bertz CT molecular complexity index is 472. The molecule has 2 aliphatic rings. The van der Waals surface area contributed by atoms with Crippen LogP contribution in [-0.2, 0) is 0 Å². The van der Waals surface area contributed by atoms with Gasteiger partial charge in [0.25, 0.3) is 0 Å². The molecule has 0 radical (unpaired) electrons. The fourth-order valence-corrected chi connectivity index (χ4v) is 4.29. The molecule has 0 aromatic heterocycles. The second kappa shape index (κ2) is 6.48. The molecular weight excluding hydrogens is 282 g/mol. The zero-order chi connectivity index (χ0) is 14.7. The molecule has 2 nitrogen and oxygen atoms in total. The molecule has 0 aliphatic heterocycles. The van der Waals surface area contributed by atoms with Crippen LogP contribution < -0.4 is 10.1 Å². The van der Waals surface area contributed by atoms with Crippen LogP contribution >= 0.6 is 11.6 Å². The Kier molecular flexibility index (Phi) is 4.63. The molecule has 1 spiro atoms. The average molecular weight is 308 g/mol. The molecule has 3 rings (SSSR count). The highest BCUT2D eigenvalue weighted by Crippen LogP contribution is 2.49. The first-order valence-electron chi connectivity index (χ1n) is 8.40. The van der Waals surface area contributed by atoms with Crippen LogP contribution in [0.5, 0.6) is 5.75 Å². The van der Waals surface area contributed by atoms with Crippen molar-refractivity contribution in [3.8, 4) is 5.75 Å². The molecule has 21 heavy (non-hydrogen) atoms. The van der Waals surface area contributed by atoms with Crippen molar-refractivity contribution >= 4 is 17.3 Å². The maximum Gasteiger partial charge on any atom is 0.142 e. The second-order valence-electron chi connectivity index (χ2n) is 6.70. The highest BCUT2D eigenvalue weighted by molar-refractivity contribution is 6.30. The standard InChI is InChI=1S/C18H26ClNO/c1-2-21-17-6-5-14(19)13-16(17)20-15-7-11-18(12-8-15)9-3-4-10-18/h5-6,13,15,20H,2-4,7-12H2,1H3. The largest absolute Gasteiger partial charge is 0.492 e. The lowest BCUT2D eigenvalue weighted by Crippen LogP contribution is -2.31. The quantitative estimate of drug-likeness (QED) is 0.775. The lowest BCUT2D eigenvalue weighted by Gasteiger charge is -2.38. The fraction of sp³-hybridized carbons (Fsp3) is 0.667. The van der Waals surface area contributed by atoms with Gasteiger partial charge in [0.05, 0.1) is 12.3 Å². The lowest BCUT2D eigenvalue weighted by molar-refractivity contribution is 0.188. The van der Waals surface area contributed by atoms with E-state index in [9.17, 15) is 0 Å². The van der Waals surface area contributed by atoms with E-state index < -0.39 is 0 Å². The Balaban J connectivity index is 1.63. The zero-order valence-electron chi connectivity index (χ0n) is 13.0. The van der Waals surface area contributed by atoms with E-state index in [4.69, 9.17) is 16.3 Å². The van der Waals surface area contributed by atoms with Gasteiger partial charge in [0, 0.05) is 11.1 Å². The van der Waals surface area contributed by atoms with Crippen molar-refractivity contribution in [1.82, 2.24) is 0 Å². The topological polar surface area (TPSA) is 21.3 Å². The van der Waals surface area contributed by atoms with Gasteiger partial charge in [-0.15, -0.1) is 0 Å². The molecule has 3 heteroatoms. The maximum absolute atomic E-state index is 6.14. The Labute approximate surface area is 133 Å². The first-order chi connectivity index (χ1) is 10.2. The number of ether oxygens (including phenoxy) is 1. The Morgan fingerprint density at radius 1 is 1.19 bits per heavy atom. The van der Waals surface area contributed by atoms with E-state index in [1.54, 1.807) is 0 Å². The average Bonchev–Trinajstić information content (AvgIpc) is 2.93. The van der Waals surface area contributed by atoms with Crippen molar-refractivity contribution in [2.24, 2.45) is 5.41 Å². The molecule has 2 saturated carbocycles. The van der Waals surface area contributed by atoms with Gasteiger partial charge in [-0.1, -0.05) is 24.4 Å².